The Kier molecular flexibility index (Phi) is 7.67. The van der Waals surface area contributed by atoms with E-state index in [1.165, 1.54) is 6.07 Å². The number of benzene rings is 2. The van der Waals surface area contributed by atoms with Gasteiger partial charge in [0.25, 0.3) is 0 Å². The number of nitrogens with one attached hydrogen (secondary N) is 2. The van der Waals surface area contributed by atoms with E-state index in [0.717, 1.165) is 37.3 Å². The van der Waals surface area contributed by atoms with Crippen molar-refractivity contribution in [3.63, 3.8) is 0 Å². The Hall–Kier alpha value is -3.81. The lowest BCUT2D eigenvalue weighted by atomic mass is 9.76. The van der Waals surface area contributed by atoms with E-state index in [4.69, 9.17) is 14.7 Å². The van der Waals surface area contributed by atoms with Crippen LogP contribution in [0.15, 0.2) is 54.7 Å². The zero-order chi connectivity index (χ0) is 26.6. The molecule has 6 nitrogen and oxygen atoms in total. The summed E-state index contributed by atoms with van der Waals surface area (Å²) in [5.41, 5.74) is 2.21. The fraction of sp³-hybridized carbons (Fsp3) is 0.367. The van der Waals surface area contributed by atoms with E-state index in [1.807, 2.05) is 43.3 Å². The highest BCUT2D eigenvalue weighted by molar-refractivity contribution is 5.94. The van der Waals surface area contributed by atoms with Gasteiger partial charge < -0.3 is 15.0 Å². The number of aromatic amines is 1. The van der Waals surface area contributed by atoms with Crippen molar-refractivity contribution in [2.45, 2.75) is 39.5 Å². The lowest BCUT2D eigenvalue weighted by Gasteiger charge is -2.31. The van der Waals surface area contributed by atoms with Crippen LogP contribution in [0, 0.1) is 29.4 Å². The summed E-state index contributed by atoms with van der Waals surface area (Å²) in [5, 5.41) is 3.73. The van der Waals surface area contributed by atoms with Crippen molar-refractivity contribution < 1.29 is 18.3 Å². The van der Waals surface area contributed by atoms with Gasteiger partial charge in [-0.25, -0.2) is 18.7 Å². The first-order valence-corrected chi connectivity index (χ1v) is 13.2. The molecule has 0 saturated heterocycles. The molecule has 2 aromatic carbocycles. The Bertz CT molecular complexity index is 1410. The van der Waals surface area contributed by atoms with Crippen molar-refractivity contribution in [2.75, 3.05) is 18.5 Å². The molecule has 0 aliphatic heterocycles. The molecule has 4 aromatic rings. The SMILES string of the molecule is CCOC(=O)[C@H](CNc1cc(-c2ccccc2)nc(-c2c[nH]c3c(F)cc(F)cc23)n1)C1CCC(C)CC1. The summed E-state index contributed by atoms with van der Waals surface area (Å²) < 4.78 is 33.9. The summed E-state index contributed by atoms with van der Waals surface area (Å²) in [7, 11) is 0. The highest BCUT2D eigenvalue weighted by atomic mass is 19.1. The molecule has 1 atom stereocenters. The Morgan fingerprint density at radius 2 is 1.87 bits per heavy atom. The number of hydrogen-bond acceptors (Lipinski definition) is 5. The molecule has 5 rings (SSSR count). The van der Waals surface area contributed by atoms with E-state index in [9.17, 15) is 13.6 Å². The molecule has 0 unspecified atom stereocenters. The Labute approximate surface area is 220 Å². The van der Waals surface area contributed by atoms with Gasteiger partial charge in [-0.15, -0.1) is 0 Å². The topological polar surface area (TPSA) is 79.9 Å². The number of aromatic nitrogens is 3. The molecule has 198 valence electrons. The molecule has 0 amide bonds. The molecule has 0 spiro atoms. The maximum Gasteiger partial charge on any atom is 0.310 e. The fourth-order valence-electron chi connectivity index (χ4n) is 5.35. The van der Waals surface area contributed by atoms with Crippen molar-refractivity contribution in [3.05, 3.63) is 66.4 Å². The number of ether oxygens (including phenoxy) is 1. The number of carbonyl (C=O) groups is 1. The number of H-pyrrole nitrogens is 1. The van der Waals surface area contributed by atoms with Gasteiger partial charge >= 0.3 is 5.97 Å². The Morgan fingerprint density at radius 3 is 2.61 bits per heavy atom. The minimum Gasteiger partial charge on any atom is -0.466 e. The van der Waals surface area contributed by atoms with Gasteiger partial charge in [-0.05, 0) is 37.7 Å². The maximum atomic E-state index is 14.4. The normalized spacial score (nSPS) is 18.3. The zero-order valence-electron chi connectivity index (χ0n) is 21.6. The smallest absolute Gasteiger partial charge is 0.310 e. The van der Waals surface area contributed by atoms with Crippen molar-refractivity contribution in [1.29, 1.82) is 0 Å². The molecular weight excluding hydrogens is 486 g/mol. The van der Waals surface area contributed by atoms with Gasteiger partial charge in [0, 0.05) is 41.4 Å². The van der Waals surface area contributed by atoms with Crippen LogP contribution in [0.3, 0.4) is 0 Å². The highest BCUT2D eigenvalue weighted by Gasteiger charge is 2.32. The molecule has 1 fully saturated rings. The van der Waals surface area contributed by atoms with Crippen LogP contribution in [0.4, 0.5) is 14.6 Å². The van der Waals surface area contributed by atoms with Crippen molar-refractivity contribution in [2.24, 2.45) is 17.8 Å². The number of hydrogen-bond donors (Lipinski definition) is 2. The zero-order valence-corrected chi connectivity index (χ0v) is 21.6. The second-order valence-corrected chi connectivity index (χ2v) is 10.1. The van der Waals surface area contributed by atoms with Crippen LogP contribution >= 0.6 is 0 Å². The predicted molar refractivity (Wildman–Crippen MR) is 144 cm³/mol. The van der Waals surface area contributed by atoms with Crippen LogP contribution < -0.4 is 5.32 Å². The number of halogens is 2. The van der Waals surface area contributed by atoms with Crippen LogP contribution in [-0.4, -0.2) is 34.1 Å². The second kappa shape index (κ2) is 11.3. The van der Waals surface area contributed by atoms with Gasteiger partial charge in [0.05, 0.1) is 23.7 Å². The molecule has 2 N–H and O–H groups in total. The molecule has 8 heteroatoms. The number of rotatable bonds is 8. The summed E-state index contributed by atoms with van der Waals surface area (Å²) >= 11 is 0. The lowest BCUT2D eigenvalue weighted by molar-refractivity contribution is -0.150. The van der Waals surface area contributed by atoms with E-state index in [0.29, 0.717) is 47.4 Å². The molecule has 0 bridgehead atoms. The van der Waals surface area contributed by atoms with Gasteiger partial charge in [0.15, 0.2) is 5.82 Å². The third kappa shape index (κ3) is 5.54. The molecule has 1 aliphatic carbocycles. The first-order valence-electron chi connectivity index (χ1n) is 13.2. The summed E-state index contributed by atoms with van der Waals surface area (Å²) in [4.78, 5) is 25.3. The quantitative estimate of drug-likeness (QED) is 0.246. The average molecular weight is 519 g/mol. The third-order valence-electron chi connectivity index (χ3n) is 7.46. The molecule has 1 aliphatic rings. The molecular formula is C30H32F2N4O2. The van der Waals surface area contributed by atoms with Crippen LogP contribution in [0.1, 0.15) is 39.5 Å². The minimum atomic E-state index is -0.678. The molecule has 2 aromatic heterocycles. The standard InChI is InChI=1S/C30H32F2N4O2/c1-3-38-30(37)23(19-11-9-18(2)10-12-19)16-33-27-15-26(20-7-5-4-6-8-20)35-29(36-27)24-17-34-28-22(24)13-21(31)14-25(28)32/h4-8,13-15,17-19,23,34H,3,9-12,16H2,1-2H3,(H,33,35,36)/t18?,19?,23-/m1/s1. The fourth-order valence-corrected chi connectivity index (χ4v) is 5.35. The van der Waals surface area contributed by atoms with Crippen LogP contribution in [0.25, 0.3) is 33.5 Å². The van der Waals surface area contributed by atoms with Crippen LogP contribution in [-0.2, 0) is 9.53 Å². The minimum absolute atomic E-state index is 0.193. The summed E-state index contributed by atoms with van der Waals surface area (Å²) in [6.07, 6.45) is 5.77. The van der Waals surface area contributed by atoms with E-state index in [2.05, 4.69) is 17.2 Å². The molecule has 38 heavy (non-hydrogen) atoms. The van der Waals surface area contributed by atoms with E-state index in [-0.39, 0.29) is 23.3 Å². The lowest BCUT2D eigenvalue weighted by Crippen LogP contribution is -2.34. The summed E-state index contributed by atoms with van der Waals surface area (Å²) in [5.74, 6) is -0.0757. The molecule has 0 radical (unpaired) electrons. The van der Waals surface area contributed by atoms with Gasteiger partial charge in [0.2, 0.25) is 0 Å². The van der Waals surface area contributed by atoms with Crippen LogP contribution in [0.5, 0.6) is 0 Å². The van der Waals surface area contributed by atoms with Gasteiger partial charge in [0.1, 0.15) is 17.5 Å². The summed E-state index contributed by atoms with van der Waals surface area (Å²) in [6.45, 7) is 4.78. The predicted octanol–water partition coefficient (Wildman–Crippen LogP) is 6.99. The number of fused-ring (bicyclic) bond motifs is 1. The maximum absolute atomic E-state index is 14.4. The molecule has 1 saturated carbocycles. The number of carbonyl (C=O) groups excluding carboxylic acids is 1. The third-order valence-corrected chi connectivity index (χ3v) is 7.46. The van der Waals surface area contributed by atoms with Gasteiger partial charge in [-0.2, -0.15) is 0 Å². The van der Waals surface area contributed by atoms with E-state index in [1.54, 1.807) is 6.20 Å². The first kappa shape index (κ1) is 25.8. The monoisotopic (exact) mass is 518 g/mol. The number of nitrogens with zero attached hydrogens (tertiary/aromatic N) is 2. The summed E-state index contributed by atoms with van der Waals surface area (Å²) in [6, 6.07) is 13.6. The Balaban J connectivity index is 1.50. The van der Waals surface area contributed by atoms with Crippen molar-refractivity contribution in [1.82, 2.24) is 15.0 Å². The largest absolute Gasteiger partial charge is 0.466 e. The second-order valence-electron chi connectivity index (χ2n) is 10.1. The number of esters is 1. The van der Waals surface area contributed by atoms with Crippen molar-refractivity contribution >= 4 is 22.7 Å². The average Bonchev–Trinajstić information content (AvgIpc) is 3.34. The highest BCUT2D eigenvalue weighted by Crippen LogP contribution is 2.35. The molecule has 2 heterocycles. The van der Waals surface area contributed by atoms with Gasteiger partial charge in [-0.3, -0.25) is 4.79 Å². The van der Waals surface area contributed by atoms with E-state index < -0.39 is 11.6 Å². The van der Waals surface area contributed by atoms with Gasteiger partial charge in [-0.1, -0.05) is 50.1 Å². The van der Waals surface area contributed by atoms with Crippen molar-refractivity contribution in [3.8, 4) is 22.6 Å². The van der Waals surface area contributed by atoms with E-state index >= 15 is 0 Å². The Morgan fingerprint density at radius 1 is 1.11 bits per heavy atom. The van der Waals surface area contributed by atoms with Crippen LogP contribution in [0.2, 0.25) is 0 Å². The number of anilines is 1. The first-order chi connectivity index (χ1) is 18.4.